The average Bonchev–Trinajstić information content (AvgIpc) is 2.61. The Labute approximate surface area is 168 Å². The molecular weight excluding hydrogens is 406 g/mol. The summed E-state index contributed by atoms with van der Waals surface area (Å²) in [6.07, 6.45) is 1.33. The number of carbonyl (C=O) groups excluding carboxylic acids is 1. The lowest BCUT2D eigenvalue weighted by Crippen LogP contribution is -2.31. The minimum atomic E-state index is -3.67. The normalized spacial score (nSPS) is 11.1. The predicted molar refractivity (Wildman–Crippen MR) is 109 cm³/mol. The number of nitrogens with zero attached hydrogens (tertiary/aromatic N) is 2. The van der Waals surface area contributed by atoms with Gasteiger partial charge in [0.05, 0.1) is 16.9 Å². The second-order valence-corrected chi connectivity index (χ2v) is 8.49. The quantitative estimate of drug-likeness (QED) is 0.511. The fourth-order valence-corrected chi connectivity index (χ4v) is 3.72. The summed E-state index contributed by atoms with van der Waals surface area (Å²) in [7, 11) is -3.67. The van der Waals surface area contributed by atoms with E-state index in [1.165, 1.54) is 24.3 Å². The van der Waals surface area contributed by atoms with Gasteiger partial charge in [-0.15, -0.1) is 0 Å². The molecule has 0 atom stereocenters. The van der Waals surface area contributed by atoms with Crippen LogP contribution in [0.25, 0.3) is 0 Å². The molecule has 0 heterocycles. The minimum absolute atomic E-state index is 0.0158. The third kappa shape index (κ3) is 5.67. The Morgan fingerprint density at radius 1 is 1.25 bits per heavy atom. The number of nitro benzene ring substituents is 1. The first-order chi connectivity index (χ1) is 13.1. The molecule has 0 unspecified atom stereocenters. The number of carbonyl (C=O) groups is 1. The van der Waals surface area contributed by atoms with Crippen molar-refractivity contribution < 1.29 is 18.1 Å². The molecular formula is C18H20ClN3O5S. The van der Waals surface area contributed by atoms with Gasteiger partial charge in [0, 0.05) is 35.8 Å². The molecule has 8 nitrogen and oxygen atoms in total. The molecule has 0 saturated heterocycles. The number of sulfonamides is 1. The van der Waals surface area contributed by atoms with Crippen molar-refractivity contribution in [1.82, 2.24) is 0 Å². The van der Waals surface area contributed by atoms with Crippen LogP contribution in [0.2, 0.25) is 5.02 Å². The molecule has 2 rings (SSSR count). The van der Waals surface area contributed by atoms with Gasteiger partial charge >= 0.3 is 0 Å². The van der Waals surface area contributed by atoms with E-state index in [9.17, 15) is 23.3 Å². The van der Waals surface area contributed by atoms with E-state index in [-0.39, 0.29) is 36.7 Å². The maximum Gasteiger partial charge on any atom is 0.271 e. The molecule has 1 N–H and O–H groups in total. The Hall–Kier alpha value is -2.65. The summed E-state index contributed by atoms with van der Waals surface area (Å²) >= 11 is 6.02. The summed E-state index contributed by atoms with van der Waals surface area (Å²) < 4.78 is 25.3. The summed E-state index contributed by atoms with van der Waals surface area (Å²) in [5.74, 6) is -0.280. The number of amides is 1. The molecule has 0 fully saturated rings. The van der Waals surface area contributed by atoms with Crippen molar-refractivity contribution in [1.29, 1.82) is 0 Å². The van der Waals surface area contributed by atoms with Gasteiger partial charge in [0.2, 0.25) is 15.9 Å². The van der Waals surface area contributed by atoms with E-state index in [0.29, 0.717) is 10.7 Å². The molecule has 0 aliphatic carbocycles. The summed E-state index contributed by atoms with van der Waals surface area (Å²) in [5, 5.41) is 14.2. The molecule has 0 bridgehead atoms. The maximum atomic E-state index is 12.2. The van der Waals surface area contributed by atoms with E-state index in [2.05, 4.69) is 5.32 Å². The summed E-state index contributed by atoms with van der Waals surface area (Å²) in [4.78, 5) is 22.5. The van der Waals surface area contributed by atoms with E-state index in [0.717, 1.165) is 16.1 Å². The highest BCUT2D eigenvalue weighted by molar-refractivity contribution is 7.92. The number of nitrogens with one attached hydrogen (secondary N) is 1. The first-order valence-corrected chi connectivity index (χ1v) is 10.6. The molecule has 0 aromatic heterocycles. The summed E-state index contributed by atoms with van der Waals surface area (Å²) in [6, 6.07) is 10.5. The van der Waals surface area contributed by atoms with Crippen LogP contribution in [-0.4, -0.2) is 32.0 Å². The van der Waals surface area contributed by atoms with Gasteiger partial charge < -0.3 is 5.32 Å². The third-order valence-corrected chi connectivity index (χ3v) is 5.64. The van der Waals surface area contributed by atoms with Gasteiger partial charge in [-0.25, -0.2) is 8.42 Å². The number of non-ortho nitro benzene ring substituents is 1. The molecule has 0 aliphatic rings. The van der Waals surface area contributed by atoms with E-state index in [4.69, 9.17) is 11.6 Å². The van der Waals surface area contributed by atoms with Gasteiger partial charge in [-0.1, -0.05) is 23.7 Å². The van der Waals surface area contributed by atoms with E-state index >= 15 is 0 Å². The van der Waals surface area contributed by atoms with Crippen LogP contribution in [0, 0.1) is 17.0 Å². The maximum absolute atomic E-state index is 12.2. The summed E-state index contributed by atoms with van der Waals surface area (Å²) in [6.45, 7) is 1.80. The molecule has 0 spiro atoms. The molecule has 28 heavy (non-hydrogen) atoms. The molecule has 1 amide bonds. The fourth-order valence-electron chi connectivity index (χ4n) is 2.59. The predicted octanol–water partition coefficient (Wildman–Crippen LogP) is 3.74. The highest BCUT2D eigenvalue weighted by Crippen LogP contribution is 2.25. The van der Waals surface area contributed by atoms with Gasteiger partial charge in [-0.3, -0.25) is 19.2 Å². The highest BCUT2D eigenvalue weighted by Gasteiger charge is 2.20. The zero-order chi connectivity index (χ0) is 20.9. The number of anilines is 2. The molecule has 0 saturated carbocycles. The Kier molecular flexibility index (Phi) is 6.98. The van der Waals surface area contributed by atoms with Crippen molar-refractivity contribution >= 4 is 44.6 Å². The topological polar surface area (TPSA) is 110 Å². The largest absolute Gasteiger partial charge is 0.326 e. The monoisotopic (exact) mass is 425 g/mol. The van der Waals surface area contributed by atoms with E-state index in [1.54, 1.807) is 25.1 Å². The Balaban J connectivity index is 2.05. The Morgan fingerprint density at radius 3 is 2.57 bits per heavy atom. The molecule has 0 aliphatic heterocycles. The zero-order valence-electron chi connectivity index (χ0n) is 15.4. The van der Waals surface area contributed by atoms with Crippen molar-refractivity contribution in [2.75, 3.05) is 22.4 Å². The smallest absolute Gasteiger partial charge is 0.271 e. The van der Waals surface area contributed by atoms with Crippen LogP contribution in [0.15, 0.2) is 42.5 Å². The van der Waals surface area contributed by atoms with Gasteiger partial charge in [-0.2, -0.15) is 0 Å². The third-order valence-electron chi connectivity index (χ3n) is 4.04. The number of halogens is 1. The number of hydrogen-bond acceptors (Lipinski definition) is 5. The number of benzene rings is 2. The van der Waals surface area contributed by atoms with Crippen LogP contribution >= 0.6 is 11.6 Å². The molecule has 0 radical (unpaired) electrons. The molecule has 2 aromatic carbocycles. The second-order valence-electron chi connectivity index (χ2n) is 6.18. The number of hydrogen-bond donors (Lipinski definition) is 1. The van der Waals surface area contributed by atoms with E-state index in [1.807, 2.05) is 0 Å². The van der Waals surface area contributed by atoms with Crippen molar-refractivity contribution in [3.63, 3.8) is 0 Å². The van der Waals surface area contributed by atoms with Crippen molar-refractivity contribution in [2.45, 2.75) is 19.8 Å². The molecule has 2 aromatic rings. The first-order valence-electron chi connectivity index (χ1n) is 8.36. The van der Waals surface area contributed by atoms with Crippen LogP contribution in [0.1, 0.15) is 18.4 Å². The first kappa shape index (κ1) is 21.6. The van der Waals surface area contributed by atoms with Crippen molar-refractivity contribution in [3.05, 3.63) is 63.2 Å². The van der Waals surface area contributed by atoms with Gasteiger partial charge in [0.1, 0.15) is 0 Å². The SMILES string of the molecule is Cc1c(Cl)cccc1NC(=O)CCCN(c1cccc([N+](=O)[O-])c1)S(C)(=O)=O. The average molecular weight is 426 g/mol. The zero-order valence-corrected chi connectivity index (χ0v) is 17.0. The summed E-state index contributed by atoms with van der Waals surface area (Å²) in [5.41, 5.74) is 1.31. The molecule has 10 heteroatoms. The van der Waals surface area contributed by atoms with Gasteiger partial charge in [0.15, 0.2) is 0 Å². The number of rotatable bonds is 8. The molecule has 150 valence electrons. The van der Waals surface area contributed by atoms with Gasteiger partial charge in [0.25, 0.3) is 5.69 Å². The van der Waals surface area contributed by atoms with Crippen LogP contribution < -0.4 is 9.62 Å². The number of nitro groups is 1. The Bertz CT molecular complexity index is 994. The fraction of sp³-hybridized carbons (Fsp3) is 0.278. The van der Waals surface area contributed by atoms with Crippen LogP contribution in [-0.2, 0) is 14.8 Å². The van der Waals surface area contributed by atoms with Crippen molar-refractivity contribution in [3.8, 4) is 0 Å². The highest BCUT2D eigenvalue weighted by atomic mass is 35.5. The van der Waals surface area contributed by atoms with Crippen LogP contribution in [0.5, 0.6) is 0 Å². The van der Waals surface area contributed by atoms with Crippen LogP contribution in [0.4, 0.5) is 17.1 Å². The lowest BCUT2D eigenvalue weighted by Gasteiger charge is -2.22. The van der Waals surface area contributed by atoms with Gasteiger partial charge in [-0.05, 0) is 37.1 Å². The minimum Gasteiger partial charge on any atom is -0.326 e. The lowest BCUT2D eigenvalue weighted by atomic mass is 10.2. The Morgan fingerprint density at radius 2 is 1.93 bits per heavy atom. The second kappa shape index (κ2) is 9.03. The standard InChI is InChI=1S/C18H20ClN3O5S/c1-13-16(19)8-4-9-17(13)20-18(23)10-5-11-21(28(2,26)27)14-6-3-7-15(12-14)22(24)25/h3-4,6-9,12H,5,10-11H2,1-2H3,(H,20,23). The lowest BCUT2D eigenvalue weighted by molar-refractivity contribution is -0.384. The van der Waals surface area contributed by atoms with Crippen LogP contribution in [0.3, 0.4) is 0 Å². The van der Waals surface area contributed by atoms with E-state index < -0.39 is 14.9 Å². The van der Waals surface area contributed by atoms with Crippen molar-refractivity contribution in [2.24, 2.45) is 0 Å².